The summed E-state index contributed by atoms with van der Waals surface area (Å²) in [5, 5.41) is 10.6. The van der Waals surface area contributed by atoms with E-state index in [1.54, 1.807) is 0 Å². The van der Waals surface area contributed by atoms with Gasteiger partial charge in [-0.05, 0) is 12.2 Å². The zero-order chi connectivity index (χ0) is 7.56. The predicted molar refractivity (Wildman–Crippen MR) is 31.1 cm³/mol. The normalized spacial score (nSPS) is 28.8. The summed E-state index contributed by atoms with van der Waals surface area (Å²) < 4.78 is 24.5. The topological polar surface area (TPSA) is 32.6 Å². The van der Waals surface area contributed by atoms with Crippen LogP contribution in [-0.4, -0.2) is 17.1 Å². The molecule has 0 aromatic rings. The lowest BCUT2D eigenvalue weighted by Crippen LogP contribution is -2.13. The van der Waals surface area contributed by atoms with Crippen molar-refractivity contribution in [2.45, 2.75) is 6.17 Å². The first kappa shape index (κ1) is 6.92. The smallest absolute Gasteiger partial charge is 0.167 e. The van der Waals surface area contributed by atoms with Gasteiger partial charge in [0.2, 0.25) is 0 Å². The second kappa shape index (κ2) is 2.60. The van der Waals surface area contributed by atoms with Crippen molar-refractivity contribution in [1.29, 1.82) is 0 Å². The van der Waals surface area contributed by atoms with Crippen LogP contribution in [0.15, 0.2) is 23.1 Å². The molecule has 0 fully saturated rings. The highest BCUT2D eigenvalue weighted by Gasteiger charge is 2.15. The Bertz CT molecular complexity index is 220. The minimum absolute atomic E-state index is 0.304. The van der Waals surface area contributed by atoms with E-state index in [1.165, 1.54) is 0 Å². The van der Waals surface area contributed by atoms with E-state index in [1.807, 2.05) is 0 Å². The molecular formula is C6H4F2NO. The average molecular weight is 144 g/mol. The lowest BCUT2D eigenvalue weighted by molar-refractivity contribution is 0.312. The van der Waals surface area contributed by atoms with E-state index >= 15 is 0 Å². The molecule has 0 spiro atoms. The van der Waals surface area contributed by atoms with Gasteiger partial charge in [-0.1, -0.05) is 5.16 Å². The summed E-state index contributed by atoms with van der Waals surface area (Å²) in [4.78, 5) is 0. The standard InChI is InChI=1S/C6H4F2NO/c7-4-1-2-6(9-10)5(8)3-4/h1,3,5,10H. The van der Waals surface area contributed by atoms with Gasteiger partial charge in [-0.2, -0.15) is 0 Å². The molecule has 2 nitrogen and oxygen atoms in total. The van der Waals surface area contributed by atoms with E-state index in [0.29, 0.717) is 6.08 Å². The molecule has 0 aliphatic heterocycles. The molecule has 1 aliphatic carbocycles. The molecule has 1 aliphatic rings. The Balaban J connectivity index is 2.84. The number of alkyl halides is 1. The first-order valence-electron chi connectivity index (χ1n) is 2.57. The Labute approximate surface area is 56.2 Å². The molecule has 0 bridgehead atoms. The van der Waals surface area contributed by atoms with Crippen LogP contribution in [0.1, 0.15) is 0 Å². The fourth-order valence-corrected chi connectivity index (χ4v) is 0.573. The van der Waals surface area contributed by atoms with Gasteiger partial charge in [-0.15, -0.1) is 0 Å². The van der Waals surface area contributed by atoms with Gasteiger partial charge < -0.3 is 5.21 Å². The number of hydrogen-bond donors (Lipinski definition) is 1. The lowest BCUT2D eigenvalue weighted by atomic mass is 10.1. The highest BCUT2D eigenvalue weighted by molar-refractivity contribution is 5.97. The molecule has 1 rings (SSSR count). The van der Waals surface area contributed by atoms with E-state index in [4.69, 9.17) is 5.21 Å². The van der Waals surface area contributed by atoms with Crippen LogP contribution < -0.4 is 0 Å². The van der Waals surface area contributed by atoms with Crippen LogP contribution in [0.4, 0.5) is 8.78 Å². The average Bonchev–Trinajstić information content (AvgIpc) is 1.88. The summed E-state index contributed by atoms with van der Waals surface area (Å²) in [5.41, 5.74) is -0.304. The second-order valence-electron chi connectivity index (χ2n) is 1.73. The minimum Gasteiger partial charge on any atom is -0.411 e. The van der Waals surface area contributed by atoms with Crippen molar-refractivity contribution in [3.05, 3.63) is 24.1 Å². The number of rotatable bonds is 0. The Morgan fingerprint density at radius 3 is 2.90 bits per heavy atom. The van der Waals surface area contributed by atoms with Crippen LogP contribution in [0.3, 0.4) is 0 Å². The summed E-state index contributed by atoms with van der Waals surface area (Å²) in [6.07, 6.45) is 2.05. The van der Waals surface area contributed by atoms with E-state index in [2.05, 4.69) is 11.2 Å². The van der Waals surface area contributed by atoms with E-state index in [0.717, 1.165) is 6.08 Å². The summed E-state index contributed by atoms with van der Waals surface area (Å²) in [7, 11) is 0. The molecular weight excluding hydrogens is 140 g/mol. The van der Waals surface area contributed by atoms with Crippen LogP contribution in [0.5, 0.6) is 0 Å². The van der Waals surface area contributed by atoms with E-state index in [9.17, 15) is 8.78 Å². The third-order valence-corrected chi connectivity index (χ3v) is 1.03. The molecule has 53 valence electrons. The molecule has 4 heteroatoms. The van der Waals surface area contributed by atoms with Crippen molar-refractivity contribution < 1.29 is 14.0 Å². The first-order valence-corrected chi connectivity index (χ1v) is 2.57. The zero-order valence-electron chi connectivity index (χ0n) is 4.88. The maximum Gasteiger partial charge on any atom is 0.167 e. The van der Waals surface area contributed by atoms with Gasteiger partial charge in [0.15, 0.2) is 6.17 Å². The minimum atomic E-state index is -1.69. The molecule has 0 saturated carbocycles. The summed E-state index contributed by atoms with van der Waals surface area (Å²) >= 11 is 0. The second-order valence-corrected chi connectivity index (χ2v) is 1.73. The third kappa shape index (κ3) is 1.21. The zero-order valence-corrected chi connectivity index (χ0v) is 4.88. The maximum atomic E-state index is 12.4. The predicted octanol–water partition coefficient (Wildman–Crippen LogP) is 1.38. The summed E-state index contributed by atoms with van der Waals surface area (Å²) in [6, 6.07) is 0. The number of nitrogens with zero attached hydrogens (tertiary/aromatic N) is 1. The van der Waals surface area contributed by atoms with Gasteiger partial charge in [0, 0.05) is 6.08 Å². The van der Waals surface area contributed by atoms with Crippen LogP contribution in [0.2, 0.25) is 0 Å². The maximum absolute atomic E-state index is 12.4. The fourth-order valence-electron chi connectivity index (χ4n) is 0.573. The number of allylic oxidation sites excluding steroid dienone is 4. The van der Waals surface area contributed by atoms with Crippen LogP contribution >= 0.6 is 0 Å². The van der Waals surface area contributed by atoms with E-state index < -0.39 is 12.0 Å². The van der Waals surface area contributed by atoms with Crippen LogP contribution in [0.25, 0.3) is 0 Å². The number of halogens is 2. The number of oxime groups is 1. The third-order valence-electron chi connectivity index (χ3n) is 1.03. The molecule has 0 amide bonds. The molecule has 1 unspecified atom stereocenters. The molecule has 10 heavy (non-hydrogen) atoms. The van der Waals surface area contributed by atoms with Gasteiger partial charge in [0.1, 0.15) is 11.5 Å². The fraction of sp³-hybridized carbons (Fsp3) is 0.167. The van der Waals surface area contributed by atoms with Crippen molar-refractivity contribution in [2.24, 2.45) is 5.16 Å². The van der Waals surface area contributed by atoms with Crippen molar-refractivity contribution in [2.75, 3.05) is 0 Å². The highest BCUT2D eigenvalue weighted by atomic mass is 19.1. The van der Waals surface area contributed by atoms with Crippen molar-refractivity contribution in [3.8, 4) is 0 Å². The molecule has 1 atom stereocenters. The Hall–Kier alpha value is -1.19. The van der Waals surface area contributed by atoms with Crippen molar-refractivity contribution in [1.82, 2.24) is 0 Å². The molecule has 1 N–H and O–H groups in total. The summed E-state index contributed by atoms with van der Waals surface area (Å²) in [6.45, 7) is 0. The first-order chi connectivity index (χ1) is 4.74. The van der Waals surface area contributed by atoms with Crippen LogP contribution in [0, 0.1) is 6.08 Å². The largest absolute Gasteiger partial charge is 0.411 e. The van der Waals surface area contributed by atoms with Gasteiger partial charge in [-0.25, -0.2) is 8.78 Å². The van der Waals surface area contributed by atoms with Crippen molar-refractivity contribution >= 4 is 5.71 Å². The Morgan fingerprint density at radius 1 is 1.70 bits per heavy atom. The molecule has 0 aromatic heterocycles. The van der Waals surface area contributed by atoms with Crippen molar-refractivity contribution in [3.63, 3.8) is 0 Å². The molecule has 0 heterocycles. The molecule has 0 aromatic carbocycles. The Kier molecular flexibility index (Phi) is 1.80. The quantitative estimate of drug-likeness (QED) is 0.404. The van der Waals surface area contributed by atoms with Gasteiger partial charge in [-0.3, -0.25) is 0 Å². The van der Waals surface area contributed by atoms with E-state index in [-0.39, 0.29) is 5.71 Å². The van der Waals surface area contributed by atoms with Gasteiger partial charge >= 0.3 is 0 Å². The van der Waals surface area contributed by atoms with Gasteiger partial charge in [0.05, 0.1) is 0 Å². The molecule has 1 radical (unpaired) electrons. The Morgan fingerprint density at radius 2 is 2.40 bits per heavy atom. The monoisotopic (exact) mass is 144 g/mol. The highest BCUT2D eigenvalue weighted by Crippen LogP contribution is 2.11. The summed E-state index contributed by atoms with van der Waals surface area (Å²) in [5.74, 6) is -0.708. The SMILES string of the molecule is ON=C1[C]=CC(F)=CC1F. The molecule has 0 saturated heterocycles. The van der Waals surface area contributed by atoms with Crippen LogP contribution in [-0.2, 0) is 0 Å². The lowest BCUT2D eigenvalue weighted by Gasteiger charge is -2.03. The van der Waals surface area contributed by atoms with Gasteiger partial charge in [0.25, 0.3) is 0 Å². The number of hydrogen-bond acceptors (Lipinski definition) is 2.